The Morgan fingerprint density at radius 2 is 1.93 bits per heavy atom. The third-order valence-corrected chi connectivity index (χ3v) is 3.57. The average Bonchev–Trinajstić information content (AvgIpc) is 2.16. The third kappa shape index (κ3) is 2.81. The Labute approximate surface area is 98.0 Å². The van der Waals surface area contributed by atoms with Gasteiger partial charge >= 0.3 is 0 Å². The van der Waals surface area contributed by atoms with Gasteiger partial charge in [-0.05, 0) is 24.1 Å². The van der Waals surface area contributed by atoms with E-state index in [1.54, 1.807) is 0 Å². The molecule has 0 saturated carbocycles. The molecule has 0 radical (unpaired) electrons. The van der Waals surface area contributed by atoms with Crippen LogP contribution in [0.2, 0.25) is 10.0 Å². The van der Waals surface area contributed by atoms with E-state index >= 15 is 0 Å². The Morgan fingerprint density at radius 3 is 2.36 bits per heavy atom. The van der Waals surface area contributed by atoms with E-state index in [1.807, 2.05) is 25.1 Å². The van der Waals surface area contributed by atoms with Crippen molar-refractivity contribution >= 4 is 35.0 Å². The number of nitriles is 1. The summed E-state index contributed by atoms with van der Waals surface area (Å²) >= 11 is 13.4. The molecule has 1 rings (SSSR count). The average molecular weight is 246 g/mol. The predicted molar refractivity (Wildman–Crippen MR) is 62.2 cm³/mol. The van der Waals surface area contributed by atoms with Crippen LogP contribution in [0.3, 0.4) is 0 Å². The highest BCUT2D eigenvalue weighted by molar-refractivity contribution is 7.99. The van der Waals surface area contributed by atoms with Crippen molar-refractivity contribution in [2.45, 2.75) is 18.2 Å². The van der Waals surface area contributed by atoms with E-state index in [2.05, 4.69) is 0 Å². The molecule has 0 N–H and O–H groups in total. The summed E-state index contributed by atoms with van der Waals surface area (Å²) in [4.78, 5) is 0.798. The van der Waals surface area contributed by atoms with Crippen molar-refractivity contribution in [1.82, 2.24) is 0 Å². The second-order valence-electron chi connectivity index (χ2n) is 2.69. The van der Waals surface area contributed by atoms with E-state index in [1.165, 1.54) is 11.8 Å². The van der Waals surface area contributed by atoms with E-state index in [0.29, 0.717) is 15.8 Å². The van der Waals surface area contributed by atoms with Crippen molar-refractivity contribution in [2.24, 2.45) is 0 Å². The number of nitrogens with zero attached hydrogens (tertiary/aromatic N) is 1. The first-order chi connectivity index (χ1) is 6.69. The van der Waals surface area contributed by atoms with Gasteiger partial charge in [-0.3, -0.25) is 0 Å². The standard InChI is InChI=1S/C10H9Cl2NS/c1-2-7-5-8(11)10(9(12)6-7)14-4-3-13/h5-6H,2,4H2,1H3. The molecule has 0 aliphatic rings. The maximum Gasteiger partial charge on any atom is 0.0856 e. The fourth-order valence-electron chi connectivity index (χ4n) is 1.06. The van der Waals surface area contributed by atoms with E-state index in [-0.39, 0.29) is 0 Å². The molecular weight excluding hydrogens is 237 g/mol. The summed E-state index contributed by atoms with van der Waals surface area (Å²) in [6.45, 7) is 2.05. The van der Waals surface area contributed by atoms with Crippen molar-refractivity contribution in [3.63, 3.8) is 0 Å². The summed E-state index contributed by atoms with van der Waals surface area (Å²) in [5.41, 5.74) is 1.11. The molecule has 0 amide bonds. The number of aryl methyl sites for hydroxylation is 1. The first-order valence-corrected chi connectivity index (χ1v) is 5.90. The van der Waals surface area contributed by atoms with Gasteiger partial charge in [0.25, 0.3) is 0 Å². The number of thioether (sulfide) groups is 1. The zero-order valence-electron chi connectivity index (χ0n) is 7.68. The highest BCUT2D eigenvalue weighted by Crippen LogP contribution is 2.35. The van der Waals surface area contributed by atoms with E-state index in [0.717, 1.165) is 16.9 Å². The smallest absolute Gasteiger partial charge is 0.0856 e. The van der Waals surface area contributed by atoms with Gasteiger partial charge in [0, 0.05) is 4.90 Å². The molecule has 0 fully saturated rings. The molecule has 0 saturated heterocycles. The zero-order chi connectivity index (χ0) is 10.6. The summed E-state index contributed by atoms with van der Waals surface area (Å²) < 4.78 is 0. The topological polar surface area (TPSA) is 23.8 Å². The Hall–Kier alpha value is -0.360. The van der Waals surface area contributed by atoms with Crippen LogP contribution in [0, 0.1) is 11.3 Å². The van der Waals surface area contributed by atoms with E-state index in [4.69, 9.17) is 28.5 Å². The lowest BCUT2D eigenvalue weighted by Gasteiger charge is -2.06. The fourth-order valence-corrected chi connectivity index (χ4v) is 2.52. The molecule has 0 unspecified atom stereocenters. The van der Waals surface area contributed by atoms with Gasteiger partial charge < -0.3 is 0 Å². The van der Waals surface area contributed by atoms with Crippen molar-refractivity contribution in [1.29, 1.82) is 5.26 Å². The second-order valence-corrected chi connectivity index (χ2v) is 4.49. The minimum atomic E-state index is 0.366. The van der Waals surface area contributed by atoms with Gasteiger partial charge in [-0.25, -0.2) is 0 Å². The van der Waals surface area contributed by atoms with Gasteiger partial charge in [0.05, 0.1) is 21.9 Å². The largest absolute Gasteiger partial charge is 0.197 e. The molecule has 4 heteroatoms. The molecule has 1 aromatic carbocycles. The molecule has 0 bridgehead atoms. The van der Waals surface area contributed by atoms with Crippen LogP contribution in [0.4, 0.5) is 0 Å². The van der Waals surface area contributed by atoms with Crippen molar-refractivity contribution in [3.8, 4) is 6.07 Å². The van der Waals surface area contributed by atoms with Gasteiger partial charge in [-0.1, -0.05) is 30.1 Å². The number of rotatable bonds is 3. The van der Waals surface area contributed by atoms with Gasteiger partial charge in [0.1, 0.15) is 0 Å². The van der Waals surface area contributed by atoms with Crippen LogP contribution in [0.15, 0.2) is 17.0 Å². The molecule has 1 nitrogen and oxygen atoms in total. The van der Waals surface area contributed by atoms with Gasteiger partial charge in [0.15, 0.2) is 0 Å². The van der Waals surface area contributed by atoms with Crippen molar-refractivity contribution < 1.29 is 0 Å². The molecular formula is C10H9Cl2NS. The molecule has 0 aromatic heterocycles. The van der Waals surface area contributed by atoms with Gasteiger partial charge in [-0.2, -0.15) is 5.26 Å². The monoisotopic (exact) mass is 245 g/mol. The van der Waals surface area contributed by atoms with Gasteiger partial charge in [-0.15, -0.1) is 11.8 Å². The van der Waals surface area contributed by atoms with Crippen LogP contribution in [-0.4, -0.2) is 5.75 Å². The Balaban J connectivity index is 3.00. The number of hydrogen-bond acceptors (Lipinski definition) is 2. The van der Waals surface area contributed by atoms with E-state index < -0.39 is 0 Å². The molecule has 0 aliphatic carbocycles. The zero-order valence-corrected chi connectivity index (χ0v) is 10.0. The lowest BCUT2D eigenvalue weighted by atomic mass is 10.2. The van der Waals surface area contributed by atoms with Crippen LogP contribution >= 0.6 is 35.0 Å². The van der Waals surface area contributed by atoms with Crippen molar-refractivity contribution in [2.75, 3.05) is 5.75 Å². The van der Waals surface area contributed by atoms with Crippen molar-refractivity contribution in [3.05, 3.63) is 27.7 Å². The maximum absolute atomic E-state index is 8.45. The summed E-state index contributed by atoms with van der Waals surface area (Å²) in [5.74, 6) is 0.366. The van der Waals surface area contributed by atoms with Gasteiger partial charge in [0.2, 0.25) is 0 Å². The third-order valence-electron chi connectivity index (χ3n) is 1.75. The summed E-state index contributed by atoms with van der Waals surface area (Å²) in [7, 11) is 0. The normalized spacial score (nSPS) is 9.86. The first-order valence-electron chi connectivity index (χ1n) is 4.16. The molecule has 0 atom stereocenters. The number of hydrogen-bond donors (Lipinski definition) is 0. The van der Waals surface area contributed by atoms with Crippen LogP contribution in [0.25, 0.3) is 0 Å². The molecule has 14 heavy (non-hydrogen) atoms. The highest BCUT2D eigenvalue weighted by atomic mass is 35.5. The summed E-state index contributed by atoms with van der Waals surface area (Å²) in [6, 6.07) is 5.84. The fraction of sp³-hybridized carbons (Fsp3) is 0.300. The SMILES string of the molecule is CCc1cc(Cl)c(SCC#N)c(Cl)c1. The molecule has 1 aromatic rings. The first kappa shape index (κ1) is 11.7. The lowest BCUT2D eigenvalue weighted by molar-refractivity contribution is 1.13. The summed E-state index contributed by atoms with van der Waals surface area (Å²) in [5, 5.41) is 9.72. The van der Waals surface area contributed by atoms with Crippen LogP contribution in [0.5, 0.6) is 0 Å². The second kappa shape index (κ2) is 5.50. The Bertz CT molecular complexity index is 348. The minimum Gasteiger partial charge on any atom is -0.197 e. The number of benzene rings is 1. The Kier molecular flexibility index (Phi) is 4.60. The number of halogens is 2. The highest BCUT2D eigenvalue weighted by Gasteiger charge is 2.07. The maximum atomic E-state index is 8.45. The van der Waals surface area contributed by atoms with Crippen LogP contribution < -0.4 is 0 Å². The quantitative estimate of drug-likeness (QED) is 0.747. The lowest BCUT2D eigenvalue weighted by Crippen LogP contribution is -1.85. The summed E-state index contributed by atoms with van der Waals surface area (Å²) in [6.07, 6.45) is 0.905. The molecule has 0 spiro atoms. The molecule has 74 valence electrons. The molecule has 0 aliphatic heterocycles. The Morgan fingerprint density at radius 1 is 1.36 bits per heavy atom. The van der Waals surface area contributed by atoms with E-state index in [9.17, 15) is 0 Å². The predicted octanol–water partition coefficient (Wildman–Crippen LogP) is 4.17. The molecule has 0 heterocycles. The van der Waals surface area contributed by atoms with Crippen LogP contribution in [-0.2, 0) is 6.42 Å². The van der Waals surface area contributed by atoms with Crippen LogP contribution in [0.1, 0.15) is 12.5 Å². The minimum absolute atomic E-state index is 0.366.